The number of hydrogen-bond acceptors (Lipinski definition) is 5. The van der Waals surface area contributed by atoms with Crippen molar-refractivity contribution >= 4 is 23.2 Å². The van der Waals surface area contributed by atoms with Crippen LogP contribution in [0.15, 0.2) is 28.4 Å². The molecular weight excluding hydrogens is 306 g/mol. The number of rotatable bonds is 6. The molecule has 9 heteroatoms. The lowest BCUT2D eigenvalue weighted by Gasteiger charge is -2.12. The molecule has 0 aliphatic heterocycles. The molecule has 0 bridgehead atoms. The van der Waals surface area contributed by atoms with E-state index < -0.39 is 30.8 Å². The molecule has 2 rings (SSSR count). The molecule has 1 amide bonds. The van der Waals surface area contributed by atoms with Gasteiger partial charge in [0.05, 0.1) is 6.26 Å². The molecule has 2 aromatic heterocycles. The number of carboxylic acids is 1. The number of furan rings is 1. The van der Waals surface area contributed by atoms with Crippen molar-refractivity contribution in [2.24, 2.45) is 0 Å². The SMILES string of the molecule is O=C(NC(CC(F)F)C(=O)O)c1csc(-c2ccoc2)n1. The second-order valence-electron chi connectivity index (χ2n) is 4.04. The van der Waals surface area contributed by atoms with Crippen LogP contribution in [0.5, 0.6) is 0 Å². The minimum absolute atomic E-state index is 0.0308. The molecule has 1 unspecified atom stereocenters. The molecule has 0 spiro atoms. The second kappa shape index (κ2) is 6.44. The first-order chi connectivity index (χ1) is 9.97. The zero-order valence-electron chi connectivity index (χ0n) is 10.5. The zero-order valence-corrected chi connectivity index (χ0v) is 11.3. The molecule has 0 aromatic carbocycles. The van der Waals surface area contributed by atoms with Crippen LogP contribution in [0.3, 0.4) is 0 Å². The molecule has 1 atom stereocenters. The van der Waals surface area contributed by atoms with E-state index in [0.29, 0.717) is 10.6 Å². The van der Waals surface area contributed by atoms with Crippen LogP contribution in [0, 0.1) is 0 Å². The summed E-state index contributed by atoms with van der Waals surface area (Å²) in [6.45, 7) is 0. The van der Waals surface area contributed by atoms with Crippen LogP contribution in [0.4, 0.5) is 8.78 Å². The summed E-state index contributed by atoms with van der Waals surface area (Å²) in [6.07, 6.45) is -0.903. The molecule has 0 aliphatic rings. The van der Waals surface area contributed by atoms with Crippen LogP contribution in [0.2, 0.25) is 0 Å². The van der Waals surface area contributed by atoms with Crippen LogP contribution in [-0.2, 0) is 4.79 Å². The molecule has 21 heavy (non-hydrogen) atoms. The van der Waals surface area contributed by atoms with Crippen molar-refractivity contribution in [3.05, 3.63) is 29.7 Å². The summed E-state index contributed by atoms with van der Waals surface area (Å²) in [4.78, 5) is 26.7. The van der Waals surface area contributed by atoms with Gasteiger partial charge in [0.15, 0.2) is 0 Å². The number of thiazole rings is 1. The topological polar surface area (TPSA) is 92.4 Å². The van der Waals surface area contributed by atoms with Crippen LogP contribution in [0.1, 0.15) is 16.9 Å². The standard InChI is InChI=1S/C12H10F2N2O4S/c13-9(14)3-7(12(18)19)15-10(17)8-5-21-11(16-8)6-1-2-20-4-6/h1-2,4-5,7,9H,3H2,(H,15,17)(H,18,19). The summed E-state index contributed by atoms with van der Waals surface area (Å²) in [6, 6.07) is -0.00578. The third-order valence-corrected chi connectivity index (χ3v) is 3.41. The number of nitrogens with one attached hydrogen (secondary N) is 1. The number of carbonyl (C=O) groups excluding carboxylic acids is 1. The van der Waals surface area contributed by atoms with E-state index in [1.165, 1.54) is 17.9 Å². The minimum atomic E-state index is -2.83. The van der Waals surface area contributed by atoms with Gasteiger partial charge in [-0.2, -0.15) is 0 Å². The van der Waals surface area contributed by atoms with Gasteiger partial charge in [0, 0.05) is 17.4 Å². The number of aromatic nitrogens is 1. The molecule has 2 heterocycles. The number of carboxylic acid groups (broad SMARTS) is 1. The molecule has 2 aromatic rings. The fourth-order valence-electron chi connectivity index (χ4n) is 1.53. The first kappa shape index (κ1) is 15.1. The lowest BCUT2D eigenvalue weighted by atomic mass is 10.2. The van der Waals surface area contributed by atoms with Gasteiger partial charge in [0.25, 0.3) is 5.91 Å². The van der Waals surface area contributed by atoms with Crippen molar-refractivity contribution in [2.75, 3.05) is 0 Å². The van der Waals surface area contributed by atoms with Gasteiger partial charge in [-0.15, -0.1) is 11.3 Å². The predicted octanol–water partition coefficient (Wildman–Crippen LogP) is 2.24. The van der Waals surface area contributed by atoms with Crippen molar-refractivity contribution < 1.29 is 27.9 Å². The maximum absolute atomic E-state index is 12.2. The highest BCUT2D eigenvalue weighted by molar-refractivity contribution is 7.13. The molecule has 0 saturated heterocycles. The van der Waals surface area contributed by atoms with Gasteiger partial charge in [-0.25, -0.2) is 18.6 Å². The quantitative estimate of drug-likeness (QED) is 0.852. The van der Waals surface area contributed by atoms with Crippen LogP contribution >= 0.6 is 11.3 Å². The van der Waals surface area contributed by atoms with Crippen molar-refractivity contribution in [3.63, 3.8) is 0 Å². The van der Waals surface area contributed by atoms with Crippen molar-refractivity contribution in [1.82, 2.24) is 10.3 Å². The first-order valence-electron chi connectivity index (χ1n) is 5.77. The number of amides is 1. The minimum Gasteiger partial charge on any atom is -0.480 e. The van der Waals surface area contributed by atoms with E-state index in [2.05, 4.69) is 4.98 Å². The Kier molecular flexibility index (Phi) is 4.63. The Bertz CT molecular complexity index is 627. The van der Waals surface area contributed by atoms with E-state index in [9.17, 15) is 18.4 Å². The highest BCUT2D eigenvalue weighted by Crippen LogP contribution is 2.23. The largest absolute Gasteiger partial charge is 0.480 e. The van der Waals surface area contributed by atoms with E-state index in [1.54, 1.807) is 6.07 Å². The molecule has 112 valence electrons. The molecule has 0 saturated carbocycles. The number of alkyl halides is 2. The Morgan fingerprint density at radius 3 is 2.81 bits per heavy atom. The van der Waals surface area contributed by atoms with E-state index in [0.717, 1.165) is 11.3 Å². The Labute approximate surface area is 121 Å². The Morgan fingerprint density at radius 1 is 1.48 bits per heavy atom. The van der Waals surface area contributed by atoms with Gasteiger partial charge < -0.3 is 14.8 Å². The van der Waals surface area contributed by atoms with E-state index >= 15 is 0 Å². The van der Waals surface area contributed by atoms with Crippen molar-refractivity contribution in [1.29, 1.82) is 0 Å². The van der Waals surface area contributed by atoms with Gasteiger partial charge in [0.1, 0.15) is 23.0 Å². The average Bonchev–Trinajstić information content (AvgIpc) is 3.08. The van der Waals surface area contributed by atoms with E-state index in [1.807, 2.05) is 5.32 Å². The number of halogens is 2. The Hall–Kier alpha value is -2.29. The summed E-state index contributed by atoms with van der Waals surface area (Å²) >= 11 is 1.16. The van der Waals surface area contributed by atoms with E-state index in [-0.39, 0.29) is 5.69 Å². The molecule has 0 radical (unpaired) electrons. The average molecular weight is 316 g/mol. The lowest BCUT2D eigenvalue weighted by Crippen LogP contribution is -2.42. The van der Waals surface area contributed by atoms with Gasteiger partial charge >= 0.3 is 5.97 Å². The third-order valence-electron chi connectivity index (χ3n) is 2.52. The number of aliphatic carboxylic acids is 1. The van der Waals surface area contributed by atoms with Crippen molar-refractivity contribution in [2.45, 2.75) is 18.9 Å². The summed E-state index contributed by atoms with van der Waals surface area (Å²) in [7, 11) is 0. The van der Waals surface area contributed by atoms with E-state index in [4.69, 9.17) is 9.52 Å². The van der Waals surface area contributed by atoms with Gasteiger partial charge in [0.2, 0.25) is 6.43 Å². The smallest absolute Gasteiger partial charge is 0.326 e. The first-order valence-corrected chi connectivity index (χ1v) is 6.65. The molecule has 6 nitrogen and oxygen atoms in total. The Balaban J connectivity index is 2.07. The van der Waals surface area contributed by atoms with Crippen LogP contribution < -0.4 is 5.32 Å². The van der Waals surface area contributed by atoms with Crippen molar-refractivity contribution in [3.8, 4) is 10.6 Å². The fraction of sp³-hybridized carbons (Fsp3) is 0.250. The van der Waals surface area contributed by atoms with Crippen LogP contribution in [0.25, 0.3) is 10.6 Å². The normalized spacial score (nSPS) is 12.3. The summed E-state index contributed by atoms with van der Waals surface area (Å²) in [5.74, 6) is -2.33. The maximum atomic E-state index is 12.2. The molecule has 2 N–H and O–H groups in total. The highest BCUT2D eigenvalue weighted by atomic mass is 32.1. The second-order valence-corrected chi connectivity index (χ2v) is 4.90. The highest BCUT2D eigenvalue weighted by Gasteiger charge is 2.25. The number of nitrogens with zero attached hydrogens (tertiary/aromatic N) is 1. The monoisotopic (exact) mass is 316 g/mol. The summed E-state index contributed by atoms with van der Waals surface area (Å²) < 4.78 is 29.4. The lowest BCUT2D eigenvalue weighted by molar-refractivity contribution is -0.140. The predicted molar refractivity (Wildman–Crippen MR) is 69.3 cm³/mol. The van der Waals surface area contributed by atoms with Gasteiger partial charge in [-0.3, -0.25) is 4.79 Å². The molecule has 0 fully saturated rings. The van der Waals surface area contributed by atoms with Gasteiger partial charge in [-0.1, -0.05) is 0 Å². The Morgan fingerprint density at radius 2 is 2.24 bits per heavy atom. The summed E-state index contributed by atoms with van der Waals surface area (Å²) in [5, 5.41) is 12.7. The van der Waals surface area contributed by atoms with Gasteiger partial charge in [-0.05, 0) is 6.07 Å². The maximum Gasteiger partial charge on any atom is 0.326 e. The molecular formula is C12H10F2N2O4S. The fourth-order valence-corrected chi connectivity index (χ4v) is 2.31. The third kappa shape index (κ3) is 3.85. The molecule has 0 aliphatic carbocycles. The number of hydrogen-bond donors (Lipinski definition) is 2. The van der Waals surface area contributed by atoms with Crippen LogP contribution in [-0.4, -0.2) is 34.4 Å². The number of carbonyl (C=O) groups is 2. The zero-order chi connectivity index (χ0) is 15.4. The summed E-state index contributed by atoms with van der Waals surface area (Å²) in [5.41, 5.74) is 0.637.